The Labute approximate surface area is 122 Å². The van der Waals surface area contributed by atoms with Gasteiger partial charge in [0.1, 0.15) is 0 Å². The third-order valence-electron chi connectivity index (χ3n) is 2.57. The Morgan fingerprint density at radius 1 is 1.37 bits per heavy atom. The van der Waals surface area contributed by atoms with Crippen molar-refractivity contribution in [3.63, 3.8) is 0 Å². The lowest BCUT2D eigenvalue weighted by Gasteiger charge is -2.11. The van der Waals surface area contributed by atoms with Gasteiger partial charge in [0.25, 0.3) is 0 Å². The molecular weight excluding hydrogens is 332 g/mol. The number of nitrogens with one attached hydrogen (secondary N) is 1. The lowest BCUT2D eigenvalue weighted by molar-refractivity contribution is -0.128. The third kappa shape index (κ3) is 4.59. The fraction of sp³-hybridized carbons (Fsp3) is 0.417. The average molecular weight is 349 g/mol. The molecule has 0 fully saturated rings. The summed E-state index contributed by atoms with van der Waals surface area (Å²) in [6.45, 7) is 1.91. The zero-order valence-corrected chi connectivity index (χ0v) is 13.5. The molecule has 0 aliphatic heterocycles. The molecule has 0 radical (unpaired) electrons. The standard InChI is InChI=1S/C12H17BrN2O3S/c1-9-8-10(4-5-11(9)13)19(17,18)14-7-6-12(16)15(2)3/h4-5,8,14H,6-7H2,1-3H3. The van der Waals surface area contributed by atoms with Gasteiger partial charge in [-0.2, -0.15) is 0 Å². The molecule has 0 atom stereocenters. The van der Waals surface area contributed by atoms with Crippen LogP contribution in [0, 0.1) is 6.92 Å². The number of aryl methyl sites for hydroxylation is 1. The molecule has 0 bridgehead atoms. The largest absolute Gasteiger partial charge is 0.349 e. The van der Waals surface area contributed by atoms with Gasteiger partial charge in [0.15, 0.2) is 0 Å². The topological polar surface area (TPSA) is 66.5 Å². The van der Waals surface area contributed by atoms with Crippen LogP contribution in [0.3, 0.4) is 0 Å². The minimum absolute atomic E-state index is 0.0917. The van der Waals surface area contributed by atoms with E-state index in [1.54, 1.807) is 26.2 Å². The Morgan fingerprint density at radius 2 is 2.00 bits per heavy atom. The monoisotopic (exact) mass is 348 g/mol. The van der Waals surface area contributed by atoms with E-state index >= 15 is 0 Å². The SMILES string of the molecule is Cc1cc(S(=O)(=O)NCCC(=O)N(C)C)ccc1Br. The van der Waals surface area contributed by atoms with Crippen LogP contribution in [0.5, 0.6) is 0 Å². The van der Waals surface area contributed by atoms with Crippen LogP contribution in [-0.2, 0) is 14.8 Å². The molecule has 0 saturated carbocycles. The number of benzene rings is 1. The van der Waals surface area contributed by atoms with Crippen molar-refractivity contribution in [2.45, 2.75) is 18.2 Å². The van der Waals surface area contributed by atoms with Crippen LogP contribution in [-0.4, -0.2) is 39.9 Å². The molecule has 0 aliphatic carbocycles. The van der Waals surface area contributed by atoms with Crippen molar-refractivity contribution in [3.05, 3.63) is 28.2 Å². The summed E-state index contributed by atoms with van der Waals surface area (Å²) in [5.74, 6) is -0.116. The summed E-state index contributed by atoms with van der Waals surface area (Å²) in [6.07, 6.45) is 0.141. The first-order chi connectivity index (χ1) is 8.74. The zero-order chi connectivity index (χ0) is 14.6. The molecule has 0 saturated heterocycles. The lowest BCUT2D eigenvalue weighted by atomic mass is 10.2. The van der Waals surface area contributed by atoms with Crippen molar-refractivity contribution in [3.8, 4) is 0 Å². The second kappa shape index (κ2) is 6.49. The zero-order valence-electron chi connectivity index (χ0n) is 11.1. The van der Waals surface area contributed by atoms with Crippen LogP contribution >= 0.6 is 15.9 Å². The van der Waals surface area contributed by atoms with Gasteiger partial charge >= 0.3 is 0 Å². The second-order valence-corrected chi connectivity index (χ2v) is 6.97. The molecule has 0 heterocycles. The predicted molar refractivity (Wildman–Crippen MR) is 77.4 cm³/mol. The van der Waals surface area contributed by atoms with E-state index in [4.69, 9.17) is 0 Å². The lowest BCUT2D eigenvalue weighted by Crippen LogP contribution is -2.30. The number of halogens is 1. The second-order valence-electron chi connectivity index (χ2n) is 4.35. The van der Waals surface area contributed by atoms with Crippen LogP contribution < -0.4 is 4.72 Å². The predicted octanol–water partition coefficient (Wildman–Crippen LogP) is 1.51. The summed E-state index contributed by atoms with van der Waals surface area (Å²) >= 11 is 3.32. The fourth-order valence-corrected chi connectivity index (χ4v) is 2.75. The quantitative estimate of drug-likeness (QED) is 0.876. The molecule has 7 heteroatoms. The van der Waals surface area contributed by atoms with Crippen molar-refractivity contribution in [2.75, 3.05) is 20.6 Å². The Balaban J connectivity index is 2.71. The first-order valence-corrected chi connectivity index (χ1v) is 7.97. The number of sulfonamides is 1. The first kappa shape index (κ1) is 16.1. The normalized spacial score (nSPS) is 11.4. The summed E-state index contributed by atoms with van der Waals surface area (Å²) in [5, 5.41) is 0. The summed E-state index contributed by atoms with van der Waals surface area (Å²) in [5.41, 5.74) is 0.840. The first-order valence-electron chi connectivity index (χ1n) is 5.70. The Bertz CT molecular complexity index is 570. The van der Waals surface area contributed by atoms with Gasteiger partial charge in [-0.1, -0.05) is 15.9 Å². The molecule has 19 heavy (non-hydrogen) atoms. The van der Waals surface area contributed by atoms with E-state index in [0.717, 1.165) is 10.0 Å². The molecule has 1 aromatic carbocycles. The highest BCUT2D eigenvalue weighted by Gasteiger charge is 2.15. The average Bonchev–Trinajstić information content (AvgIpc) is 2.32. The fourth-order valence-electron chi connectivity index (χ4n) is 1.38. The molecule has 0 unspecified atom stereocenters. The number of hydrogen-bond acceptors (Lipinski definition) is 3. The molecule has 1 amide bonds. The Kier molecular flexibility index (Phi) is 5.51. The summed E-state index contributed by atoms with van der Waals surface area (Å²) in [6, 6.07) is 4.79. The minimum atomic E-state index is -3.56. The maximum Gasteiger partial charge on any atom is 0.240 e. The van der Waals surface area contributed by atoms with Gasteiger partial charge in [-0.3, -0.25) is 4.79 Å². The Hall–Kier alpha value is -0.920. The van der Waals surface area contributed by atoms with Crippen molar-refractivity contribution < 1.29 is 13.2 Å². The van der Waals surface area contributed by atoms with Crippen LogP contribution in [0.4, 0.5) is 0 Å². The summed E-state index contributed by atoms with van der Waals surface area (Å²) in [4.78, 5) is 13.0. The van der Waals surface area contributed by atoms with Gasteiger partial charge in [0.05, 0.1) is 4.90 Å². The van der Waals surface area contributed by atoms with Gasteiger partial charge in [-0.05, 0) is 30.7 Å². The van der Waals surface area contributed by atoms with Crippen molar-refractivity contribution >= 4 is 31.9 Å². The highest BCUT2D eigenvalue weighted by molar-refractivity contribution is 9.10. The van der Waals surface area contributed by atoms with Gasteiger partial charge in [-0.15, -0.1) is 0 Å². The van der Waals surface area contributed by atoms with Crippen molar-refractivity contribution in [2.24, 2.45) is 0 Å². The summed E-state index contributed by atoms with van der Waals surface area (Å²) in [7, 11) is -0.295. The van der Waals surface area contributed by atoms with E-state index < -0.39 is 10.0 Å². The van der Waals surface area contributed by atoms with Gasteiger partial charge < -0.3 is 4.90 Å². The smallest absolute Gasteiger partial charge is 0.240 e. The van der Waals surface area contributed by atoms with Crippen molar-refractivity contribution in [1.82, 2.24) is 9.62 Å². The van der Waals surface area contributed by atoms with Crippen LogP contribution in [0.2, 0.25) is 0 Å². The maximum absolute atomic E-state index is 12.0. The van der Waals surface area contributed by atoms with Gasteiger partial charge in [0, 0.05) is 31.5 Å². The van der Waals surface area contributed by atoms with Crippen LogP contribution in [0.15, 0.2) is 27.6 Å². The molecule has 0 aliphatic rings. The highest BCUT2D eigenvalue weighted by atomic mass is 79.9. The van der Waals surface area contributed by atoms with E-state index in [-0.39, 0.29) is 23.8 Å². The van der Waals surface area contributed by atoms with Crippen molar-refractivity contribution in [1.29, 1.82) is 0 Å². The molecule has 1 rings (SSSR count). The van der Waals surface area contributed by atoms with Crippen LogP contribution in [0.1, 0.15) is 12.0 Å². The Morgan fingerprint density at radius 3 is 2.53 bits per heavy atom. The van der Waals surface area contributed by atoms with E-state index in [0.29, 0.717) is 0 Å². The number of nitrogens with zero attached hydrogens (tertiary/aromatic N) is 1. The van der Waals surface area contributed by atoms with E-state index in [2.05, 4.69) is 20.7 Å². The molecule has 1 aromatic rings. The van der Waals surface area contributed by atoms with E-state index in [9.17, 15) is 13.2 Å². The highest BCUT2D eigenvalue weighted by Crippen LogP contribution is 2.19. The van der Waals surface area contributed by atoms with Crippen LogP contribution in [0.25, 0.3) is 0 Å². The number of rotatable bonds is 5. The van der Waals surface area contributed by atoms with Gasteiger partial charge in [-0.25, -0.2) is 13.1 Å². The number of carbonyl (C=O) groups excluding carboxylic acids is 1. The molecule has 0 spiro atoms. The number of amides is 1. The molecule has 1 N–H and O–H groups in total. The number of hydrogen-bond donors (Lipinski definition) is 1. The maximum atomic E-state index is 12.0. The van der Waals surface area contributed by atoms with E-state index in [1.165, 1.54) is 11.0 Å². The molecular formula is C12H17BrN2O3S. The molecule has 106 valence electrons. The molecule has 5 nitrogen and oxygen atoms in total. The van der Waals surface area contributed by atoms with Gasteiger partial charge in [0.2, 0.25) is 15.9 Å². The minimum Gasteiger partial charge on any atom is -0.349 e. The molecule has 0 aromatic heterocycles. The summed E-state index contributed by atoms with van der Waals surface area (Å²) < 4.78 is 27.3. The third-order valence-corrected chi connectivity index (χ3v) is 4.92. The number of carbonyl (C=O) groups is 1. The van der Waals surface area contributed by atoms with E-state index in [1.807, 2.05) is 6.92 Å².